The Bertz CT molecular complexity index is 3520. The van der Waals surface area contributed by atoms with E-state index in [0.717, 1.165) is 101 Å². The van der Waals surface area contributed by atoms with Crippen molar-refractivity contribution in [1.29, 1.82) is 0 Å². The molecule has 72 heavy (non-hydrogen) atoms. The predicted octanol–water partition coefficient (Wildman–Crippen LogP) is 14.2. The Morgan fingerprint density at radius 2 is 1.33 bits per heavy atom. The number of esters is 1. The number of rotatable bonds is 19. The monoisotopic (exact) mass is 984 g/mol. The summed E-state index contributed by atoms with van der Waals surface area (Å²) in [7, 11) is 3.41. The molecule has 10 nitrogen and oxygen atoms in total. The molecule has 0 saturated heterocycles. The summed E-state index contributed by atoms with van der Waals surface area (Å²) in [6, 6.07) is 50.5. The molecular weight excluding hydrogens is 935 g/mol. The van der Waals surface area contributed by atoms with Crippen LogP contribution in [0.1, 0.15) is 52.3 Å². The molecule has 0 unspecified atom stereocenters. The number of pyridine rings is 3. The Morgan fingerprint density at radius 1 is 0.667 bits per heavy atom. The van der Waals surface area contributed by atoms with E-state index in [1.807, 2.05) is 110 Å². The van der Waals surface area contributed by atoms with Gasteiger partial charge in [0.05, 0.1) is 30.1 Å². The highest BCUT2D eigenvalue weighted by Gasteiger charge is 2.19. The largest absolute Gasteiger partial charge is 0.494 e. The number of aldehydes is 2. The number of aromatic nitrogens is 3. The van der Waals surface area contributed by atoms with Gasteiger partial charge in [0.2, 0.25) is 0 Å². The summed E-state index contributed by atoms with van der Waals surface area (Å²) >= 11 is 0. The fourth-order valence-corrected chi connectivity index (χ4v) is 10.3. The van der Waals surface area contributed by atoms with Crippen molar-refractivity contribution < 1.29 is 25.2 Å². The van der Waals surface area contributed by atoms with E-state index >= 15 is 0 Å². The first-order valence-electron chi connectivity index (χ1n) is 23.9. The van der Waals surface area contributed by atoms with Gasteiger partial charge in [-0.2, -0.15) is 5.10 Å². The van der Waals surface area contributed by atoms with E-state index < -0.39 is 12.2 Å². The molecule has 0 saturated carbocycles. The third-order valence-electron chi connectivity index (χ3n) is 11.9. The maximum absolute atomic E-state index is 13.7. The van der Waals surface area contributed by atoms with Crippen molar-refractivity contribution in [3.63, 3.8) is 0 Å². The number of benzene rings is 6. The van der Waals surface area contributed by atoms with Crippen molar-refractivity contribution in [2.45, 2.75) is 32.2 Å². The van der Waals surface area contributed by atoms with Crippen LogP contribution in [0.3, 0.4) is 0 Å². The standard InChI is InChI=1S/C60H49N5O5S2/c1-4-69-60(68)59(55-23-20-48(35-62-55)45-15-9-16-52(33-45)70-25-10-26-71-72-57-17-5-6-24-61-57)65-64-56-34-49(53-21-18-46(27-39(53)2)43-13-7-11-41(29-43)37-66)31-50-32-51(36-63-58(50)56)54-22-19-47(28-40(54)3)44-14-8-12-42(30-44)38-67/h5-9,11-24,27-38,64H,4,10,25-26H2,1-3H3/b65-59+/i37D. The average molecular weight is 985 g/mol. The van der Waals surface area contributed by atoms with Crippen molar-refractivity contribution in [2.24, 2.45) is 5.10 Å². The van der Waals surface area contributed by atoms with Crippen molar-refractivity contribution >= 4 is 62.4 Å². The molecule has 1 N–H and O–H groups in total. The minimum atomic E-state index is -0.738. The fourth-order valence-electron chi connectivity index (χ4n) is 8.33. The number of aryl methyl sites for hydroxylation is 2. The summed E-state index contributed by atoms with van der Waals surface area (Å²) in [5.41, 5.74) is 16.8. The lowest BCUT2D eigenvalue weighted by molar-refractivity contribution is -0.134. The summed E-state index contributed by atoms with van der Waals surface area (Å²) in [4.78, 5) is 51.2. The van der Waals surface area contributed by atoms with Gasteiger partial charge in [-0.05, 0) is 154 Å². The molecule has 9 aromatic rings. The van der Waals surface area contributed by atoms with Crippen molar-refractivity contribution in [3.05, 3.63) is 204 Å². The number of hydrogen-bond donors (Lipinski definition) is 1. The molecule has 0 aliphatic heterocycles. The number of hydrazone groups is 1. The zero-order chi connectivity index (χ0) is 50.7. The Kier molecular flexibility index (Phi) is 15.3. The molecule has 9 rings (SSSR count). The fraction of sp³-hybridized carbons (Fsp3) is 0.117. The molecular formula is C60H49N5O5S2. The average Bonchev–Trinajstić information content (AvgIpc) is 3.42. The van der Waals surface area contributed by atoms with Crippen molar-refractivity contribution in [2.75, 3.05) is 24.4 Å². The number of anilines is 1. The van der Waals surface area contributed by atoms with E-state index in [1.54, 1.807) is 71.2 Å². The first-order valence-corrected chi connectivity index (χ1v) is 25.7. The molecule has 0 radical (unpaired) electrons. The van der Waals surface area contributed by atoms with Gasteiger partial charge in [0.15, 0.2) is 5.71 Å². The van der Waals surface area contributed by atoms with Crippen LogP contribution in [0.5, 0.6) is 5.75 Å². The summed E-state index contributed by atoms with van der Waals surface area (Å²) in [5, 5.41) is 6.51. The van der Waals surface area contributed by atoms with E-state index in [0.29, 0.717) is 34.6 Å². The van der Waals surface area contributed by atoms with E-state index in [2.05, 4.69) is 47.7 Å². The van der Waals surface area contributed by atoms with Crippen LogP contribution in [-0.4, -0.2) is 58.1 Å². The van der Waals surface area contributed by atoms with E-state index in [1.165, 1.54) is 0 Å². The van der Waals surface area contributed by atoms with Crippen LogP contribution >= 0.6 is 21.6 Å². The third kappa shape index (κ3) is 11.7. The lowest BCUT2D eigenvalue weighted by atomic mass is 9.93. The van der Waals surface area contributed by atoms with Crippen LogP contribution in [-0.2, 0) is 9.53 Å². The number of ether oxygens (including phenoxy) is 2. The van der Waals surface area contributed by atoms with Gasteiger partial charge in [-0.25, -0.2) is 9.78 Å². The van der Waals surface area contributed by atoms with Crippen molar-refractivity contribution in [1.82, 2.24) is 15.0 Å². The molecule has 0 atom stereocenters. The maximum atomic E-state index is 13.7. The molecule has 0 aliphatic rings. The molecule has 3 heterocycles. The normalized spacial score (nSPS) is 11.5. The lowest BCUT2D eigenvalue weighted by Gasteiger charge is -2.15. The van der Waals surface area contributed by atoms with Gasteiger partial charge in [-0.1, -0.05) is 108 Å². The summed E-state index contributed by atoms with van der Waals surface area (Å²) < 4.78 is 19.3. The van der Waals surface area contributed by atoms with Gasteiger partial charge in [0.25, 0.3) is 0 Å². The number of carbonyl (C=O) groups excluding carboxylic acids is 3. The van der Waals surface area contributed by atoms with E-state index in [-0.39, 0.29) is 12.3 Å². The van der Waals surface area contributed by atoms with Crippen molar-refractivity contribution in [3.8, 4) is 61.4 Å². The maximum Gasteiger partial charge on any atom is 0.361 e. The first kappa shape index (κ1) is 47.5. The van der Waals surface area contributed by atoms with Gasteiger partial charge >= 0.3 is 5.97 Å². The van der Waals surface area contributed by atoms with E-state index in [9.17, 15) is 14.4 Å². The molecule has 0 fully saturated rings. The molecule has 0 bridgehead atoms. The highest BCUT2D eigenvalue weighted by molar-refractivity contribution is 8.76. The van der Waals surface area contributed by atoms with Gasteiger partial charge in [-0.15, -0.1) is 0 Å². The second-order valence-electron chi connectivity index (χ2n) is 16.8. The van der Waals surface area contributed by atoms with Crippen LogP contribution in [0, 0.1) is 13.8 Å². The minimum absolute atomic E-state index is 0.0111. The van der Waals surface area contributed by atoms with Crippen LogP contribution in [0.25, 0.3) is 66.5 Å². The number of nitrogens with zero attached hydrogens (tertiary/aromatic N) is 4. The van der Waals surface area contributed by atoms with E-state index in [4.69, 9.17) is 25.9 Å². The predicted molar refractivity (Wildman–Crippen MR) is 293 cm³/mol. The summed E-state index contributed by atoms with van der Waals surface area (Å²) in [6.45, 7) is 6.54. The summed E-state index contributed by atoms with van der Waals surface area (Å²) in [6.07, 6.45) is 6.33. The SMILES string of the molecule is [2H]C(=O)c1cccc(-c2ccc(-c3cc(N/N=C(/C(=O)OCC)c4ccc(-c5cccc(OCCCSSc6ccccn6)c5)cn4)c4ncc(-c5ccc(-c6cccc(C=O)c6)cc5C)cc4c3)c(C)c2)c1. The zero-order valence-electron chi connectivity index (χ0n) is 40.8. The molecule has 0 amide bonds. The zero-order valence-corrected chi connectivity index (χ0v) is 41.4. The second kappa shape index (κ2) is 23.2. The van der Waals surface area contributed by atoms with Gasteiger partial charge in [0, 0.05) is 52.0 Å². The van der Waals surface area contributed by atoms with Crippen LogP contribution in [0.2, 0.25) is 0 Å². The molecule has 0 aliphatic carbocycles. The minimum Gasteiger partial charge on any atom is -0.494 e. The van der Waals surface area contributed by atoms with Crippen LogP contribution in [0.15, 0.2) is 186 Å². The number of fused-ring (bicyclic) bond motifs is 1. The smallest absolute Gasteiger partial charge is 0.361 e. The Hall–Kier alpha value is -8.19. The Balaban J connectivity index is 1.02. The number of nitrogens with one attached hydrogen (secondary N) is 1. The lowest BCUT2D eigenvalue weighted by Crippen LogP contribution is -2.21. The quantitative estimate of drug-likeness (QED) is 0.0207. The molecule has 12 heteroatoms. The highest BCUT2D eigenvalue weighted by Crippen LogP contribution is 2.37. The molecule has 0 spiro atoms. The van der Waals surface area contributed by atoms with Crippen LogP contribution in [0.4, 0.5) is 5.69 Å². The van der Waals surface area contributed by atoms with Crippen LogP contribution < -0.4 is 10.2 Å². The topological polar surface area (TPSA) is 133 Å². The molecule has 3 aromatic heterocycles. The first-order chi connectivity index (χ1) is 35.6. The Morgan fingerprint density at radius 3 is 2.01 bits per heavy atom. The number of carbonyl (C=O) groups is 3. The van der Waals surface area contributed by atoms with Gasteiger partial charge < -0.3 is 9.47 Å². The molecule has 356 valence electrons. The second-order valence-corrected chi connectivity index (χ2v) is 19.3. The number of hydrogen-bond acceptors (Lipinski definition) is 12. The summed E-state index contributed by atoms with van der Waals surface area (Å²) in [5.74, 6) is 1.03. The third-order valence-corrected chi connectivity index (χ3v) is 14.2. The van der Waals surface area contributed by atoms with Gasteiger partial charge in [-0.3, -0.25) is 25.0 Å². The Labute approximate surface area is 427 Å². The molecule has 6 aromatic carbocycles. The highest BCUT2D eigenvalue weighted by atomic mass is 33.1. The van der Waals surface area contributed by atoms with Gasteiger partial charge in [0.1, 0.15) is 24.7 Å².